The highest BCUT2D eigenvalue weighted by Crippen LogP contribution is 2.39. The Morgan fingerprint density at radius 1 is 1.00 bits per heavy atom. The number of fused-ring (bicyclic) bond motifs is 1. The molecule has 4 aromatic rings. The summed E-state index contributed by atoms with van der Waals surface area (Å²) in [5.74, 6) is 0.914. The van der Waals surface area contributed by atoms with Gasteiger partial charge in [-0.25, -0.2) is 9.97 Å². The Bertz CT molecular complexity index is 958. The molecule has 0 unspecified atom stereocenters. The number of benzene rings is 1. The van der Waals surface area contributed by atoms with Gasteiger partial charge in [0.25, 0.3) is 0 Å². The monoisotopic (exact) mass is 293 g/mol. The van der Waals surface area contributed by atoms with E-state index >= 15 is 0 Å². The number of hydrogen-bond donors (Lipinski definition) is 2. The van der Waals surface area contributed by atoms with Crippen molar-refractivity contribution in [3.05, 3.63) is 48.7 Å². The number of rotatable bonds is 2. The smallest absolute Gasteiger partial charge is 0.221 e. The number of furan rings is 2. The number of hydrogen-bond acceptors (Lipinski definition) is 6. The molecule has 108 valence electrons. The lowest BCUT2D eigenvalue weighted by Crippen LogP contribution is -1.97. The molecule has 0 radical (unpaired) electrons. The standard InChI is InChI=1S/C16H11N3O3/c17-16-18-10(13-6-3-7-21-13)8-11(19-16)15-14(20)9-4-1-2-5-12(9)22-15/h1-8,20H,(H2,17,18,19). The van der Waals surface area contributed by atoms with Crippen LogP contribution in [0.1, 0.15) is 0 Å². The first-order valence-corrected chi connectivity index (χ1v) is 6.61. The second kappa shape index (κ2) is 4.63. The lowest BCUT2D eigenvalue weighted by molar-refractivity contribution is 0.469. The quantitative estimate of drug-likeness (QED) is 0.587. The Kier molecular flexibility index (Phi) is 2.62. The van der Waals surface area contributed by atoms with E-state index in [2.05, 4.69) is 9.97 Å². The molecule has 22 heavy (non-hydrogen) atoms. The molecule has 3 aromatic heterocycles. The minimum Gasteiger partial charge on any atom is -0.504 e. The van der Waals surface area contributed by atoms with Gasteiger partial charge in [0.2, 0.25) is 5.95 Å². The molecule has 4 rings (SSSR count). The molecule has 0 fully saturated rings. The summed E-state index contributed by atoms with van der Waals surface area (Å²) in [6.07, 6.45) is 1.55. The molecular formula is C16H11N3O3. The van der Waals surface area contributed by atoms with Crippen LogP contribution in [0.4, 0.5) is 5.95 Å². The van der Waals surface area contributed by atoms with Gasteiger partial charge < -0.3 is 19.7 Å². The molecule has 0 saturated carbocycles. The fourth-order valence-electron chi connectivity index (χ4n) is 2.34. The van der Waals surface area contributed by atoms with Crippen LogP contribution in [0.3, 0.4) is 0 Å². The van der Waals surface area contributed by atoms with E-state index in [-0.39, 0.29) is 17.5 Å². The van der Waals surface area contributed by atoms with E-state index in [1.54, 1.807) is 36.6 Å². The SMILES string of the molecule is Nc1nc(-c2ccco2)cc(-c2oc3ccccc3c2O)n1. The van der Waals surface area contributed by atoms with Crippen LogP contribution in [-0.4, -0.2) is 15.1 Å². The Hall–Kier alpha value is -3.28. The normalized spacial score (nSPS) is 11.1. The summed E-state index contributed by atoms with van der Waals surface area (Å²) in [5.41, 5.74) is 7.25. The van der Waals surface area contributed by atoms with Gasteiger partial charge in [0, 0.05) is 0 Å². The zero-order valence-corrected chi connectivity index (χ0v) is 11.4. The molecule has 6 nitrogen and oxygen atoms in total. The van der Waals surface area contributed by atoms with Crippen LogP contribution in [0, 0.1) is 0 Å². The van der Waals surface area contributed by atoms with Gasteiger partial charge in [-0.15, -0.1) is 0 Å². The maximum Gasteiger partial charge on any atom is 0.221 e. The van der Waals surface area contributed by atoms with Crippen LogP contribution >= 0.6 is 0 Å². The largest absolute Gasteiger partial charge is 0.504 e. The lowest BCUT2D eigenvalue weighted by Gasteiger charge is -2.02. The summed E-state index contributed by atoms with van der Waals surface area (Å²) in [4.78, 5) is 8.28. The van der Waals surface area contributed by atoms with Crippen molar-refractivity contribution >= 4 is 16.9 Å². The summed E-state index contributed by atoms with van der Waals surface area (Å²) in [6.45, 7) is 0. The van der Waals surface area contributed by atoms with Crippen LogP contribution in [0.25, 0.3) is 33.9 Å². The first-order chi connectivity index (χ1) is 10.7. The highest BCUT2D eigenvalue weighted by molar-refractivity contribution is 5.90. The predicted molar refractivity (Wildman–Crippen MR) is 81.0 cm³/mol. The maximum absolute atomic E-state index is 10.3. The van der Waals surface area contributed by atoms with Crippen molar-refractivity contribution < 1.29 is 13.9 Å². The molecule has 0 aliphatic rings. The maximum atomic E-state index is 10.3. The highest BCUT2D eigenvalue weighted by atomic mass is 16.4. The van der Waals surface area contributed by atoms with Gasteiger partial charge in [-0.05, 0) is 30.3 Å². The number of aromatic hydroxyl groups is 1. The molecular weight excluding hydrogens is 282 g/mol. The van der Waals surface area contributed by atoms with E-state index in [0.29, 0.717) is 28.1 Å². The van der Waals surface area contributed by atoms with Gasteiger partial charge in [0.15, 0.2) is 17.3 Å². The first-order valence-electron chi connectivity index (χ1n) is 6.61. The second-order valence-electron chi connectivity index (χ2n) is 4.75. The van der Waals surface area contributed by atoms with Crippen molar-refractivity contribution in [2.45, 2.75) is 0 Å². The minimum absolute atomic E-state index is 0.0269. The Morgan fingerprint density at radius 2 is 1.82 bits per heavy atom. The van der Waals surface area contributed by atoms with Crippen molar-refractivity contribution in [1.82, 2.24) is 9.97 Å². The summed E-state index contributed by atoms with van der Waals surface area (Å²) in [7, 11) is 0. The van der Waals surface area contributed by atoms with Gasteiger partial charge in [-0.1, -0.05) is 12.1 Å². The molecule has 3 heterocycles. The molecule has 0 atom stereocenters. The lowest BCUT2D eigenvalue weighted by atomic mass is 10.2. The van der Waals surface area contributed by atoms with Crippen LogP contribution in [-0.2, 0) is 0 Å². The molecule has 0 amide bonds. The van der Waals surface area contributed by atoms with Crippen LogP contribution in [0.2, 0.25) is 0 Å². The number of nitrogens with zero attached hydrogens (tertiary/aromatic N) is 2. The van der Waals surface area contributed by atoms with Gasteiger partial charge in [0.1, 0.15) is 17.0 Å². The van der Waals surface area contributed by atoms with Crippen LogP contribution in [0.5, 0.6) is 5.75 Å². The van der Waals surface area contributed by atoms with E-state index < -0.39 is 0 Å². The predicted octanol–water partition coefficient (Wildman–Crippen LogP) is 3.44. The van der Waals surface area contributed by atoms with E-state index in [1.165, 1.54) is 0 Å². The molecule has 0 saturated heterocycles. The number of nitrogen functional groups attached to an aromatic ring is 1. The number of aromatic nitrogens is 2. The van der Waals surface area contributed by atoms with Gasteiger partial charge in [0.05, 0.1) is 11.6 Å². The third-order valence-corrected chi connectivity index (χ3v) is 3.32. The summed E-state index contributed by atoms with van der Waals surface area (Å²) in [5, 5.41) is 11.0. The minimum atomic E-state index is 0.0269. The van der Waals surface area contributed by atoms with E-state index in [1.807, 2.05) is 12.1 Å². The third-order valence-electron chi connectivity index (χ3n) is 3.32. The topological polar surface area (TPSA) is 98.3 Å². The second-order valence-corrected chi connectivity index (χ2v) is 4.75. The zero-order valence-electron chi connectivity index (χ0n) is 11.4. The molecule has 6 heteroatoms. The van der Waals surface area contributed by atoms with Crippen LogP contribution < -0.4 is 5.73 Å². The third kappa shape index (κ3) is 1.89. The van der Waals surface area contributed by atoms with Crippen molar-refractivity contribution in [3.8, 4) is 28.7 Å². The Labute approximate surface area is 124 Å². The first kappa shape index (κ1) is 12.5. The van der Waals surface area contributed by atoms with Gasteiger partial charge in [-0.3, -0.25) is 0 Å². The average molecular weight is 293 g/mol. The summed E-state index contributed by atoms with van der Waals surface area (Å²) < 4.78 is 11.0. The van der Waals surface area contributed by atoms with E-state index in [4.69, 9.17) is 14.6 Å². The molecule has 0 spiro atoms. The number of nitrogens with two attached hydrogens (primary N) is 1. The molecule has 0 bridgehead atoms. The Balaban J connectivity index is 1.93. The highest BCUT2D eigenvalue weighted by Gasteiger charge is 2.18. The number of anilines is 1. The molecule has 0 aliphatic carbocycles. The summed E-state index contributed by atoms with van der Waals surface area (Å²) in [6, 6.07) is 12.4. The summed E-state index contributed by atoms with van der Waals surface area (Å²) >= 11 is 0. The van der Waals surface area contributed by atoms with Gasteiger partial charge >= 0.3 is 0 Å². The van der Waals surface area contributed by atoms with E-state index in [0.717, 1.165) is 0 Å². The fraction of sp³-hybridized carbons (Fsp3) is 0. The van der Waals surface area contributed by atoms with E-state index in [9.17, 15) is 5.11 Å². The zero-order chi connectivity index (χ0) is 15.1. The number of para-hydroxylation sites is 1. The molecule has 3 N–H and O–H groups in total. The molecule has 0 aliphatic heterocycles. The van der Waals surface area contributed by atoms with Gasteiger partial charge in [-0.2, -0.15) is 0 Å². The van der Waals surface area contributed by atoms with Crippen molar-refractivity contribution in [3.63, 3.8) is 0 Å². The van der Waals surface area contributed by atoms with Crippen LogP contribution in [0.15, 0.2) is 57.6 Å². The van der Waals surface area contributed by atoms with Crippen molar-refractivity contribution in [2.24, 2.45) is 0 Å². The van der Waals surface area contributed by atoms with Crippen molar-refractivity contribution in [2.75, 3.05) is 5.73 Å². The van der Waals surface area contributed by atoms with Crippen molar-refractivity contribution in [1.29, 1.82) is 0 Å². The Morgan fingerprint density at radius 3 is 2.59 bits per heavy atom. The fourth-order valence-corrected chi connectivity index (χ4v) is 2.34. The average Bonchev–Trinajstić information content (AvgIpc) is 3.16. The molecule has 1 aromatic carbocycles.